The molecule has 5 heteroatoms. The number of fused-ring (bicyclic) bond motifs is 1. The maximum absolute atomic E-state index is 12.8. The molecule has 1 heterocycles. The molecule has 0 spiro atoms. The van der Waals surface area contributed by atoms with Crippen LogP contribution in [0.3, 0.4) is 0 Å². The van der Waals surface area contributed by atoms with Gasteiger partial charge in [0.15, 0.2) is 0 Å². The predicted octanol–water partition coefficient (Wildman–Crippen LogP) is 3.91. The average Bonchev–Trinajstić information content (AvgIpc) is 2.54. The summed E-state index contributed by atoms with van der Waals surface area (Å²) >= 11 is 0. The molecule has 0 unspecified atom stereocenters. The highest BCUT2D eigenvalue weighted by Crippen LogP contribution is 2.19. The lowest BCUT2D eigenvalue weighted by atomic mass is 10.1. The lowest BCUT2D eigenvalue weighted by Crippen LogP contribution is -2.07. The van der Waals surface area contributed by atoms with E-state index in [0.29, 0.717) is 18.2 Å². The summed E-state index contributed by atoms with van der Waals surface area (Å²) in [6, 6.07) is 15.3. The number of benzene rings is 2. The van der Waals surface area contributed by atoms with Gasteiger partial charge < -0.3 is 10.1 Å². The first-order valence-corrected chi connectivity index (χ1v) is 7.16. The molecule has 0 bridgehead atoms. The SMILES string of the molecule is CC(=O)Nc1ccc2cc(COc3ccc(F)cc3)ccc2n1. The van der Waals surface area contributed by atoms with E-state index in [4.69, 9.17) is 4.74 Å². The normalized spacial score (nSPS) is 10.5. The summed E-state index contributed by atoms with van der Waals surface area (Å²) in [5.74, 6) is 0.705. The number of carbonyl (C=O) groups is 1. The van der Waals surface area contributed by atoms with Crippen LogP contribution in [0.2, 0.25) is 0 Å². The van der Waals surface area contributed by atoms with Gasteiger partial charge in [0.2, 0.25) is 5.91 Å². The van der Waals surface area contributed by atoms with Crippen LogP contribution in [0.25, 0.3) is 10.9 Å². The van der Waals surface area contributed by atoms with Crippen LogP contribution in [0.4, 0.5) is 10.2 Å². The van der Waals surface area contributed by atoms with Crippen molar-refractivity contribution in [2.75, 3.05) is 5.32 Å². The quantitative estimate of drug-likeness (QED) is 0.795. The Hall–Kier alpha value is -2.95. The highest BCUT2D eigenvalue weighted by atomic mass is 19.1. The lowest BCUT2D eigenvalue weighted by Gasteiger charge is -2.08. The number of halogens is 1. The Morgan fingerprint density at radius 2 is 1.91 bits per heavy atom. The molecule has 1 aromatic heterocycles. The summed E-state index contributed by atoms with van der Waals surface area (Å²) in [7, 11) is 0. The molecule has 2 aromatic carbocycles. The average molecular weight is 310 g/mol. The molecule has 0 aliphatic rings. The molecule has 116 valence electrons. The van der Waals surface area contributed by atoms with Gasteiger partial charge in [-0.3, -0.25) is 4.79 Å². The number of ether oxygens (including phenoxy) is 1. The van der Waals surface area contributed by atoms with E-state index >= 15 is 0 Å². The zero-order chi connectivity index (χ0) is 16.2. The molecule has 0 saturated carbocycles. The summed E-state index contributed by atoms with van der Waals surface area (Å²) in [5.41, 5.74) is 1.78. The van der Waals surface area contributed by atoms with E-state index in [0.717, 1.165) is 16.5 Å². The van der Waals surface area contributed by atoms with E-state index in [9.17, 15) is 9.18 Å². The number of nitrogens with zero attached hydrogens (tertiary/aromatic N) is 1. The molecule has 1 amide bonds. The van der Waals surface area contributed by atoms with Crippen LogP contribution in [-0.2, 0) is 11.4 Å². The number of hydrogen-bond donors (Lipinski definition) is 1. The smallest absolute Gasteiger partial charge is 0.222 e. The number of anilines is 1. The Morgan fingerprint density at radius 3 is 2.65 bits per heavy atom. The van der Waals surface area contributed by atoms with Crippen molar-refractivity contribution in [1.29, 1.82) is 0 Å². The van der Waals surface area contributed by atoms with Gasteiger partial charge in [0.1, 0.15) is 24.0 Å². The first-order chi connectivity index (χ1) is 11.1. The number of rotatable bonds is 4. The monoisotopic (exact) mass is 310 g/mol. The largest absolute Gasteiger partial charge is 0.489 e. The van der Waals surface area contributed by atoms with Gasteiger partial charge in [-0.25, -0.2) is 9.37 Å². The summed E-state index contributed by atoms with van der Waals surface area (Å²) in [4.78, 5) is 15.4. The van der Waals surface area contributed by atoms with Crippen molar-refractivity contribution in [3.8, 4) is 5.75 Å². The molecule has 0 saturated heterocycles. The van der Waals surface area contributed by atoms with Gasteiger partial charge in [-0.05, 0) is 54.1 Å². The van der Waals surface area contributed by atoms with Gasteiger partial charge in [-0.1, -0.05) is 6.07 Å². The molecule has 1 N–H and O–H groups in total. The van der Waals surface area contributed by atoms with Crippen LogP contribution in [0.1, 0.15) is 12.5 Å². The van der Waals surface area contributed by atoms with Crippen LogP contribution in [0, 0.1) is 5.82 Å². The first kappa shape index (κ1) is 15.0. The Labute approximate surface area is 132 Å². The Morgan fingerprint density at radius 1 is 1.13 bits per heavy atom. The van der Waals surface area contributed by atoms with Gasteiger partial charge in [-0.2, -0.15) is 0 Å². The third-order valence-corrected chi connectivity index (χ3v) is 3.28. The van der Waals surface area contributed by atoms with Crippen LogP contribution >= 0.6 is 0 Å². The van der Waals surface area contributed by atoms with Crippen LogP contribution in [-0.4, -0.2) is 10.9 Å². The van der Waals surface area contributed by atoms with E-state index in [1.165, 1.54) is 19.1 Å². The molecular weight excluding hydrogens is 295 g/mol. The second kappa shape index (κ2) is 6.44. The topological polar surface area (TPSA) is 51.2 Å². The molecule has 0 radical (unpaired) electrons. The van der Waals surface area contributed by atoms with Gasteiger partial charge in [0, 0.05) is 12.3 Å². The molecule has 3 rings (SSSR count). The number of aromatic nitrogens is 1. The lowest BCUT2D eigenvalue weighted by molar-refractivity contribution is -0.114. The summed E-state index contributed by atoms with van der Waals surface area (Å²) < 4.78 is 18.5. The number of amides is 1. The fraction of sp³-hybridized carbons (Fsp3) is 0.111. The van der Waals surface area contributed by atoms with Crippen molar-refractivity contribution in [3.63, 3.8) is 0 Å². The second-order valence-electron chi connectivity index (χ2n) is 5.15. The number of carbonyl (C=O) groups excluding carboxylic acids is 1. The Balaban J connectivity index is 1.74. The summed E-state index contributed by atoms with van der Waals surface area (Å²) in [6.07, 6.45) is 0. The van der Waals surface area contributed by atoms with Gasteiger partial charge in [0.25, 0.3) is 0 Å². The zero-order valence-electron chi connectivity index (χ0n) is 12.5. The second-order valence-corrected chi connectivity index (χ2v) is 5.15. The maximum Gasteiger partial charge on any atom is 0.222 e. The standard InChI is InChI=1S/C18H15FN2O2/c1-12(22)20-18-9-3-14-10-13(2-8-17(14)21-18)11-23-16-6-4-15(19)5-7-16/h2-10H,11H2,1H3,(H,20,21,22). The van der Waals surface area contributed by atoms with E-state index in [2.05, 4.69) is 10.3 Å². The molecule has 0 aliphatic carbocycles. The highest BCUT2D eigenvalue weighted by Gasteiger charge is 2.03. The highest BCUT2D eigenvalue weighted by molar-refractivity contribution is 5.89. The van der Waals surface area contributed by atoms with Crippen molar-refractivity contribution < 1.29 is 13.9 Å². The molecule has 3 aromatic rings. The third-order valence-electron chi connectivity index (χ3n) is 3.28. The van der Waals surface area contributed by atoms with E-state index in [1.54, 1.807) is 18.2 Å². The maximum atomic E-state index is 12.8. The van der Waals surface area contributed by atoms with E-state index in [1.807, 2.05) is 24.3 Å². The first-order valence-electron chi connectivity index (χ1n) is 7.16. The summed E-state index contributed by atoms with van der Waals surface area (Å²) in [5, 5.41) is 3.62. The van der Waals surface area contributed by atoms with Gasteiger partial charge in [0.05, 0.1) is 5.52 Å². The molecule has 0 aliphatic heterocycles. The molecule has 0 atom stereocenters. The van der Waals surface area contributed by atoms with Crippen molar-refractivity contribution in [2.45, 2.75) is 13.5 Å². The fourth-order valence-corrected chi connectivity index (χ4v) is 2.21. The molecule has 23 heavy (non-hydrogen) atoms. The molecule has 4 nitrogen and oxygen atoms in total. The van der Waals surface area contributed by atoms with Gasteiger partial charge >= 0.3 is 0 Å². The van der Waals surface area contributed by atoms with Crippen LogP contribution < -0.4 is 10.1 Å². The van der Waals surface area contributed by atoms with Crippen molar-refractivity contribution in [2.24, 2.45) is 0 Å². The van der Waals surface area contributed by atoms with Crippen LogP contribution in [0.5, 0.6) is 5.75 Å². The Bertz CT molecular complexity index is 847. The van der Waals surface area contributed by atoms with E-state index in [-0.39, 0.29) is 11.7 Å². The number of hydrogen-bond acceptors (Lipinski definition) is 3. The minimum Gasteiger partial charge on any atom is -0.489 e. The number of pyridine rings is 1. The van der Waals surface area contributed by atoms with Gasteiger partial charge in [-0.15, -0.1) is 0 Å². The number of nitrogens with one attached hydrogen (secondary N) is 1. The third kappa shape index (κ3) is 3.83. The molecule has 0 fully saturated rings. The minimum atomic E-state index is -0.288. The Kier molecular flexibility index (Phi) is 4.19. The van der Waals surface area contributed by atoms with Crippen molar-refractivity contribution >= 4 is 22.6 Å². The molecular formula is C18H15FN2O2. The van der Waals surface area contributed by atoms with Crippen molar-refractivity contribution in [3.05, 3.63) is 66.0 Å². The van der Waals surface area contributed by atoms with Crippen LogP contribution in [0.15, 0.2) is 54.6 Å². The fourth-order valence-electron chi connectivity index (χ4n) is 2.21. The van der Waals surface area contributed by atoms with Crippen molar-refractivity contribution in [1.82, 2.24) is 4.98 Å². The zero-order valence-corrected chi connectivity index (χ0v) is 12.5. The minimum absolute atomic E-state index is 0.152. The summed E-state index contributed by atoms with van der Waals surface area (Å²) in [6.45, 7) is 1.83. The predicted molar refractivity (Wildman–Crippen MR) is 86.8 cm³/mol. The van der Waals surface area contributed by atoms with E-state index < -0.39 is 0 Å².